The SMILES string of the molecule is COc1cccc(CN(CCCN)CC(C)C)c1. The molecule has 0 amide bonds. The van der Waals surface area contributed by atoms with Crippen LogP contribution in [0, 0.1) is 5.92 Å². The highest BCUT2D eigenvalue weighted by Gasteiger charge is 2.08. The molecule has 3 nitrogen and oxygen atoms in total. The van der Waals surface area contributed by atoms with E-state index in [1.54, 1.807) is 7.11 Å². The highest BCUT2D eigenvalue weighted by molar-refractivity contribution is 5.28. The van der Waals surface area contributed by atoms with Gasteiger partial charge in [0.15, 0.2) is 0 Å². The van der Waals surface area contributed by atoms with Crippen molar-refractivity contribution in [2.45, 2.75) is 26.8 Å². The zero-order valence-corrected chi connectivity index (χ0v) is 11.9. The van der Waals surface area contributed by atoms with Crippen molar-refractivity contribution in [3.05, 3.63) is 29.8 Å². The van der Waals surface area contributed by atoms with Gasteiger partial charge in [-0.05, 0) is 43.1 Å². The molecule has 0 unspecified atom stereocenters. The summed E-state index contributed by atoms with van der Waals surface area (Å²) in [6.07, 6.45) is 1.05. The Hall–Kier alpha value is -1.06. The number of benzene rings is 1. The normalized spacial score (nSPS) is 11.2. The van der Waals surface area contributed by atoms with Crippen molar-refractivity contribution < 1.29 is 4.74 Å². The molecular weight excluding hydrogens is 224 g/mol. The van der Waals surface area contributed by atoms with E-state index in [1.807, 2.05) is 12.1 Å². The maximum atomic E-state index is 5.60. The van der Waals surface area contributed by atoms with Crippen molar-refractivity contribution in [1.82, 2.24) is 4.90 Å². The Bertz CT molecular complexity index is 339. The minimum Gasteiger partial charge on any atom is -0.497 e. The average molecular weight is 250 g/mol. The highest BCUT2D eigenvalue weighted by Crippen LogP contribution is 2.15. The smallest absolute Gasteiger partial charge is 0.119 e. The number of methoxy groups -OCH3 is 1. The molecule has 0 heterocycles. The fourth-order valence-corrected chi connectivity index (χ4v) is 2.10. The van der Waals surface area contributed by atoms with Crippen LogP contribution in [0.3, 0.4) is 0 Å². The fourth-order valence-electron chi connectivity index (χ4n) is 2.10. The van der Waals surface area contributed by atoms with Gasteiger partial charge in [0.25, 0.3) is 0 Å². The van der Waals surface area contributed by atoms with Gasteiger partial charge in [-0.3, -0.25) is 4.90 Å². The monoisotopic (exact) mass is 250 g/mol. The second kappa shape index (κ2) is 8.11. The largest absolute Gasteiger partial charge is 0.497 e. The standard InChI is InChI=1S/C15H26N2O/c1-13(2)11-17(9-5-8-16)12-14-6-4-7-15(10-14)18-3/h4,6-7,10,13H,5,8-9,11-12,16H2,1-3H3. The Morgan fingerprint density at radius 3 is 2.72 bits per heavy atom. The van der Waals surface area contributed by atoms with Gasteiger partial charge in [-0.15, -0.1) is 0 Å². The van der Waals surface area contributed by atoms with Gasteiger partial charge in [-0.2, -0.15) is 0 Å². The van der Waals surface area contributed by atoms with Crippen LogP contribution in [0.15, 0.2) is 24.3 Å². The van der Waals surface area contributed by atoms with Crippen molar-refractivity contribution in [3.8, 4) is 5.75 Å². The molecule has 102 valence electrons. The highest BCUT2D eigenvalue weighted by atomic mass is 16.5. The van der Waals surface area contributed by atoms with Gasteiger partial charge in [0.2, 0.25) is 0 Å². The van der Waals surface area contributed by atoms with E-state index in [0.717, 1.165) is 38.3 Å². The Balaban J connectivity index is 2.62. The third-order valence-electron chi connectivity index (χ3n) is 2.84. The summed E-state index contributed by atoms with van der Waals surface area (Å²) in [6.45, 7) is 8.40. The Morgan fingerprint density at radius 1 is 1.33 bits per heavy atom. The van der Waals surface area contributed by atoms with Crippen LogP contribution < -0.4 is 10.5 Å². The number of nitrogens with zero attached hydrogens (tertiary/aromatic N) is 1. The fraction of sp³-hybridized carbons (Fsp3) is 0.600. The van der Waals surface area contributed by atoms with Crippen LogP contribution in [0.1, 0.15) is 25.8 Å². The molecule has 0 aliphatic heterocycles. The second-order valence-electron chi connectivity index (χ2n) is 5.12. The molecule has 1 aromatic carbocycles. The molecule has 0 bridgehead atoms. The molecule has 0 fully saturated rings. The lowest BCUT2D eigenvalue weighted by atomic mass is 10.1. The van der Waals surface area contributed by atoms with Crippen molar-refractivity contribution in [2.24, 2.45) is 11.7 Å². The molecule has 0 aromatic heterocycles. The summed E-state index contributed by atoms with van der Waals surface area (Å²) >= 11 is 0. The predicted octanol–water partition coefficient (Wildman–Crippen LogP) is 2.50. The molecule has 3 heteroatoms. The average Bonchev–Trinajstić information content (AvgIpc) is 2.35. The molecular formula is C15H26N2O. The lowest BCUT2D eigenvalue weighted by Crippen LogP contribution is -2.29. The van der Waals surface area contributed by atoms with E-state index in [4.69, 9.17) is 10.5 Å². The summed E-state index contributed by atoms with van der Waals surface area (Å²) in [5.74, 6) is 1.60. The second-order valence-corrected chi connectivity index (χ2v) is 5.12. The van der Waals surface area contributed by atoms with Gasteiger partial charge in [0.05, 0.1) is 7.11 Å². The summed E-state index contributed by atoms with van der Waals surface area (Å²) in [7, 11) is 1.71. The summed E-state index contributed by atoms with van der Waals surface area (Å²) in [6, 6.07) is 8.29. The summed E-state index contributed by atoms with van der Waals surface area (Å²) < 4.78 is 5.26. The minimum atomic E-state index is 0.674. The Labute approximate surface area is 111 Å². The number of ether oxygens (including phenoxy) is 1. The molecule has 0 radical (unpaired) electrons. The zero-order valence-electron chi connectivity index (χ0n) is 11.9. The first-order valence-corrected chi connectivity index (χ1v) is 6.71. The van der Waals surface area contributed by atoms with Crippen molar-refractivity contribution in [3.63, 3.8) is 0 Å². The van der Waals surface area contributed by atoms with Gasteiger partial charge in [-0.25, -0.2) is 0 Å². The quantitative estimate of drug-likeness (QED) is 0.770. The van der Waals surface area contributed by atoms with E-state index in [0.29, 0.717) is 5.92 Å². The lowest BCUT2D eigenvalue weighted by molar-refractivity contribution is 0.234. The predicted molar refractivity (Wildman–Crippen MR) is 76.8 cm³/mol. The number of hydrogen-bond donors (Lipinski definition) is 1. The molecule has 1 rings (SSSR count). The van der Waals surface area contributed by atoms with Crippen LogP contribution in [0.4, 0.5) is 0 Å². The van der Waals surface area contributed by atoms with Crippen molar-refractivity contribution in [1.29, 1.82) is 0 Å². The molecule has 0 aliphatic rings. The van der Waals surface area contributed by atoms with E-state index >= 15 is 0 Å². The molecule has 18 heavy (non-hydrogen) atoms. The van der Waals surface area contributed by atoms with Crippen LogP contribution in [-0.4, -0.2) is 31.6 Å². The Kier molecular flexibility index (Phi) is 6.76. The third kappa shape index (κ3) is 5.52. The first-order valence-electron chi connectivity index (χ1n) is 6.71. The minimum absolute atomic E-state index is 0.674. The molecule has 0 saturated heterocycles. The topological polar surface area (TPSA) is 38.5 Å². The third-order valence-corrected chi connectivity index (χ3v) is 2.84. The lowest BCUT2D eigenvalue weighted by Gasteiger charge is -2.24. The van der Waals surface area contributed by atoms with Gasteiger partial charge in [-0.1, -0.05) is 26.0 Å². The summed E-state index contributed by atoms with van der Waals surface area (Å²) in [4.78, 5) is 2.46. The maximum Gasteiger partial charge on any atom is 0.119 e. The van der Waals surface area contributed by atoms with Crippen LogP contribution in [0.5, 0.6) is 5.75 Å². The van der Waals surface area contributed by atoms with Crippen LogP contribution >= 0.6 is 0 Å². The van der Waals surface area contributed by atoms with Crippen molar-refractivity contribution >= 4 is 0 Å². The maximum absolute atomic E-state index is 5.60. The number of hydrogen-bond acceptors (Lipinski definition) is 3. The molecule has 0 aliphatic carbocycles. The number of rotatable bonds is 8. The van der Waals surface area contributed by atoms with Crippen LogP contribution in [0.25, 0.3) is 0 Å². The Morgan fingerprint density at radius 2 is 2.11 bits per heavy atom. The summed E-state index contributed by atoms with van der Waals surface area (Å²) in [5, 5.41) is 0. The first-order chi connectivity index (χ1) is 8.65. The van der Waals surface area contributed by atoms with Gasteiger partial charge in [0.1, 0.15) is 5.75 Å². The van der Waals surface area contributed by atoms with E-state index in [2.05, 4.69) is 30.9 Å². The number of nitrogens with two attached hydrogens (primary N) is 1. The van der Waals surface area contributed by atoms with E-state index in [9.17, 15) is 0 Å². The molecule has 0 atom stereocenters. The summed E-state index contributed by atoms with van der Waals surface area (Å²) in [5.41, 5.74) is 6.90. The molecule has 1 aromatic rings. The van der Waals surface area contributed by atoms with Gasteiger partial charge in [0, 0.05) is 13.1 Å². The van der Waals surface area contributed by atoms with E-state index in [1.165, 1.54) is 5.56 Å². The van der Waals surface area contributed by atoms with Crippen LogP contribution in [0.2, 0.25) is 0 Å². The van der Waals surface area contributed by atoms with Crippen molar-refractivity contribution in [2.75, 3.05) is 26.7 Å². The zero-order chi connectivity index (χ0) is 13.4. The van der Waals surface area contributed by atoms with Crippen LogP contribution in [-0.2, 0) is 6.54 Å². The van der Waals surface area contributed by atoms with Gasteiger partial charge >= 0.3 is 0 Å². The molecule has 0 spiro atoms. The molecule has 2 N–H and O–H groups in total. The first kappa shape index (κ1) is 15.0. The van der Waals surface area contributed by atoms with E-state index in [-0.39, 0.29) is 0 Å². The molecule has 0 saturated carbocycles. The van der Waals surface area contributed by atoms with Gasteiger partial charge < -0.3 is 10.5 Å². The van der Waals surface area contributed by atoms with E-state index < -0.39 is 0 Å².